The van der Waals surface area contributed by atoms with Crippen LogP contribution in [0, 0.1) is 12.7 Å². The van der Waals surface area contributed by atoms with Gasteiger partial charge in [-0.05, 0) is 31.0 Å². The summed E-state index contributed by atoms with van der Waals surface area (Å²) in [5.74, 6) is -0.627. The van der Waals surface area contributed by atoms with Crippen LogP contribution in [0.25, 0.3) is 0 Å². The van der Waals surface area contributed by atoms with Crippen LogP contribution in [0.4, 0.5) is 4.39 Å². The molecule has 0 fully saturated rings. The minimum absolute atomic E-state index is 0.0795. The van der Waals surface area contributed by atoms with Crippen LogP contribution in [0.1, 0.15) is 35.7 Å². The molecule has 0 aromatic heterocycles. The van der Waals surface area contributed by atoms with E-state index in [0.29, 0.717) is 12.1 Å². The average Bonchev–Trinajstić information content (AvgIpc) is 2.36. The van der Waals surface area contributed by atoms with Crippen molar-refractivity contribution in [1.82, 2.24) is 4.90 Å². The van der Waals surface area contributed by atoms with E-state index < -0.39 is 5.82 Å². The molecule has 0 bridgehead atoms. The molecule has 0 spiro atoms. The first-order chi connectivity index (χ1) is 8.60. The Morgan fingerprint density at radius 3 is 2.72 bits per heavy atom. The lowest BCUT2D eigenvalue weighted by Gasteiger charge is -2.22. The summed E-state index contributed by atoms with van der Waals surface area (Å²) in [7, 11) is 0. The normalized spacial score (nSPS) is 10.4. The highest BCUT2D eigenvalue weighted by atomic mass is 19.1. The van der Waals surface area contributed by atoms with Crippen LogP contribution in [-0.4, -0.2) is 35.6 Å². The first kappa shape index (κ1) is 14.6. The molecule has 0 heterocycles. The first-order valence-electron chi connectivity index (χ1n) is 6.26. The Morgan fingerprint density at radius 1 is 1.39 bits per heavy atom. The van der Waals surface area contributed by atoms with E-state index in [0.717, 1.165) is 18.4 Å². The van der Waals surface area contributed by atoms with Crippen LogP contribution in [0.3, 0.4) is 0 Å². The van der Waals surface area contributed by atoms with Crippen LogP contribution in [0.15, 0.2) is 18.2 Å². The Bertz CT molecular complexity index is 407. The fraction of sp³-hybridized carbons (Fsp3) is 0.500. The van der Waals surface area contributed by atoms with Gasteiger partial charge >= 0.3 is 0 Å². The van der Waals surface area contributed by atoms with E-state index in [1.807, 2.05) is 6.92 Å². The van der Waals surface area contributed by atoms with Crippen LogP contribution < -0.4 is 0 Å². The lowest BCUT2D eigenvalue weighted by atomic mass is 10.1. The molecule has 0 saturated carbocycles. The molecule has 100 valence electrons. The predicted molar refractivity (Wildman–Crippen MR) is 69.0 cm³/mol. The van der Waals surface area contributed by atoms with Gasteiger partial charge in [0, 0.05) is 18.7 Å². The van der Waals surface area contributed by atoms with E-state index >= 15 is 0 Å². The van der Waals surface area contributed by atoms with E-state index in [9.17, 15) is 9.18 Å². The molecule has 3 nitrogen and oxygen atoms in total. The Hall–Kier alpha value is -1.42. The molecular weight excluding hydrogens is 233 g/mol. The first-order valence-corrected chi connectivity index (χ1v) is 6.26. The zero-order valence-electron chi connectivity index (χ0n) is 10.9. The molecule has 0 saturated heterocycles. The monoisotopic (exact) mass is 253 g/mol. The van der Waals surface area contributed by atoms with Crippen molar-refractivity contribution in [2.45, 2.75) is 26.7 Å². The highest BCUT2D eigenvalue weighted by Crippen LogP contribution is 2.13. The summed E-state index contributed by atoms with van der Waals surface area (Å²) >= 11 is 0. The van der Waals surface area contributed by atoms with Gasteiger partial charge in [-0.3, -0.25) is 4.79 Å². The lowest BCUT2D eigenvalue weighted by molar-refractivity contribution is 0.0718. The summed E-state index contributed by atoms with van der Waals surface area (Å²) in [6.07, 6.45) is 1.84. The van der Waals surface area contributed by atoms with E-state index in [-0.39, 0.29) is 19.1 Å². The number of nitrogens with zero attached hydrogens (tertiary/aromatic N) is 1. The van der Waals surface area contributed by atoms with E-state index in [1.165, 1.54) is 12.1 Å². The number of unbranched alkanes of at least 4 members (excludes halogenated alkanes) is 1. The Labute approximate surface area is 107 Å². The third-order valence-electron chi connectivity index (χ3n) is 2.87. The number of benzene rings is 1. The van der Waals surface area contributed by atoms with Crippen LogP contribution in [-0.2, 0) is 0 Å². The topological polar surface area (TPSA) is 40.5 Å². The smallest absolute Gasteiger partial charge is 0.254 e. The van der Waals surface area contributed by atoms with Crippen molar-refractivity contribution in [3.8, 4) is 0 Å². The van der Waals surface area contributed by atoms with Gasteiger partial charge in [0.05, 0.1) is 6.61 Å². The second-order valence-electron chi connectivity index (χ2n) is 4.33. The molecule has 18 heavy (non-hydrogen) atoms. The number of carbonyl (C=O) groups is 1. The van der Waals surface area contributed by atoms with Gasteiger partial charge in [-0.25, -0.2) is 4.39 Å². The SMILES string of the molecule is CCCCN(CCO)C(=O)c1cc(F)ccc1C. The summed E-state index contributed by atoms with van der Waals surface area (Å²) in [5.41, 5.74) is 1.13. The van der Waals surface area contributed by atoms with Crippen LogP contribution >= 0.6 is 0 Å². The second-order valence-corrected chi connectivity index (χ2v) is 4.33. The highest BCUT2D eigenvalue weighted by molar-refractivity contribution is 5.95. The van der Waals surface area contributed by atoms with Crippen molar-refractivity contribution in [2.24, 2.45) is 0 Å². The number of aliphatic hydroxyl groups excluding tert-OH is 1. The number of aryl methyl sites for hydroxylation is 1. The van der Waals surface area contributed by atoms with Crippen molar-refractivity contribution in [3.63, 3.8) is 0 Å². The maximum atomic E-state index is 13.2. The van der Waals surface area contributed by atoms with Gasteiger partial charge in [-0.1, -0.05) is 19.4 Å². The molecule has 0 atom stereocenters. The average molecular weight is 253 g/mol. The van der Waals surface area contributed by atoms with Gasteiger partial charge in [0.2, 0.25) is 0 Å². The molecule has 4 heteroatoms. The van der Waals surface area contributed by atoms with Crippen molar-refractivity contribution in [1.29, 1.82) is 0 Å². The molecule has 1 aromatic rings. The summed E-state index contributed by atoms with van der Waals surface area (Å²) < 4.78 is 13.2. The molecule has 1 rings (SSSR count). The molecule has 1 aromatic carbocycles. The van der Waals surface area contributed by atoms with Gasteiger partial charge in [0.15, 0.2) is 0 Å². The third-order valence-corrected chi connectivity index (χ3v) is 2.87. The second kappa shape index (κ2) is 7.11. The standard InChI is InChI=1S/C14H20FNO2/c1-3-4-7-16(8-9-17)14(18)13-10-12(15)6-5-11(13)2/h5-6,10,17H,3-4,7-9H2,1-2H3. The fourth-order valence-corrected chi connectivity index (χ4v) is 1.78. The zero-order chi connectivity index (χ0) is 13.5. The molecule has 0 aliphatic heterocycles. The van der Waals surface area contributed by atoms with E-state index in [4.69, 9.17) is 5.11 Å². The number of hydrogen-bond acceptors (Lipinski definition) is 2. The number of halogens is 1. The van der Waals surface area contributed by atoms with Gasteiger partial charge in [0.25, 0.3) is 5.91 Å². The number of hydrogen-bond donors (Lipinski definition) is 1. The van der Waals surface area contributed by atoms with Gasteiger partial charge in [0.1, 0.15) is 5.82 Å². The maximum Gasteiger partial charge on any atom is 0.254 e. The maximum absolute atomic E-state index is 13.2. The summed E-state index contributed by atoms with van der Waals surface area (Å²) in [5, 5.41) is 8.99. The number of carbonyl (C=O) groups excluding carboxylic acids is 1. The van der Waals surface area contributed by atoms with Crippen molar-refractivity contribution in [3.05, 3.63) is 35.1 Å². The van der Waals surface area contributed by atoms with Gasteiger partial charge < -0.3 is 10.0 Å². The summed E-state index contributed by atoms with van der Waals surface area (Å²) in [6.45, 7) is 4.61. The van der Waals surface area contributed by atoms with Crippen LogP contribution in [0.5, 0.6) is 0 Å². The summed E-state index contributed by atoms with van der Waals surface area (Å²) in [4.78, 5) is 13.8. The minimum atomic E-state index is -0.414. The fourth-order valence-electron chi connectivity index (χ4n) is 1.78. The van der Waals surface area contributed by atoms with Gasteiger partial charge in [-0.15, -0.1) is 0 Å². The van der Waals surface area contributed by atoms with E-state index in [1.54, 1.807) is 17.9 Å². The lowest BCUT2D eigenvalue weighted by Crippen LogP contribution is -2.34. The summed E-state index contributed by atoms with van der Waals surface area (Å²) in [6, 6.07) is 4.20. The number of aliphatic hydroxyl groups is 1. The number of rotatable bonds is 6. The van der Waals surface area contributed by atoms with Crippen molar-refractivity contribution < 1.29 is 14.3 Å². The quantitative estimate of drug-likeness (QED) is 0.845. The Kier molecular flexibility index (Phi) is 5.78. The minimum Gasteiger partial charge on any atom is -0.395 e. The van der Waals surface area contributed by atoms with E-state index in [2.05, 4.69) is 0 Å². The molecule has 1 amide bonds. The Morgan fingerprint density at radius 2 is 2.11 bits per heavy atom. The molecule has 0 aliphatic rings. The largest absolute Gasteiger partial charge is 0.395 e. The van der Waals surface area contributed by atoms with Crippen LogP contribution in [0.2, 0.25) is 0 Å². The molecule has 0 aliphatic carbocycles. The molecular formula is C14H20FNO2. The van der Waals surface area contributed by atoms with Crippen molar-refractivity contribution in [2.75, 3.05) is 19.7 Å². The molecule has 0 radical (unpaired) electrons. The molecule has 1 N–H and O–H groups in total. The number of amides is 1. The van der Waals surface area contributed by atoms with Gasteiger partial charge in [-0.2, -0.15) is 0 Å². The van der Waals surface area contributed by atoms with Crippen molar-refractivity contribution >= 4 is 5.91 Å². The zero-order valence-corrected chi connectivity index (χ0v) is 10.9. The predicted octanol–water partition coefficient (Wildman–Crippen LogP) is 2.37. The Balaban J connectivity index is 2.90. The third kappa shape index (κ3) is 3.81. The highest BCUT2D eigenvalue weighted by Gasteiger charge is 2.17. The molecule has 0 unspecified atom stereocenters.